The molecule has 11 heteroatoms. The molecular formula is C7H23Ca2Cl3O6. The van der Waals surface area contributed by atoms with Gasteiger partial charge in [0.25, 0.3) is 0 Å². The van der Waals surface area contributed by atoms with Crippen LogP contribution in [0.25, 0.3) is 0 Å². The van der Waals surface area contributed by atoms with Crippen LogP contribution in [-0.2, 0) is 4.74 Å². The first-order chi connectivity index (χ1) is 4.16. The Hall–Kier alpha value is 3.15. The van der Waals surface area contributed by atoms with Crippen LogP contribution in [0.4, 0.5) is 0 Å². The summed E-state index contributed by atoms with van der Waals surface area (Å²) >= 11 is 5.09. The van der Waals surface area contributed by atoms with E-state index in [9.17, 15) is 0 Å². The van der Waals surface area contributed by atoms with E-state index in [1.54, 1.807) is 6.92 Å². The molecule has 0 radical (unpaired) electrons. The Bertz CT molecular complexity index is 84.2. The van der Waals surface area contributed by atoms with Crippen molar-refractivity contribution in [1.82, 2.24) is 0 Å². The molecule has 0 amide bonds. The standard InChI is InChI=1S/C3H7ClO.C3H6O.CH4.2Ca.2ClH.4H2O/c1-3(5)2-4;1-3-2-4-3;;;;;;;;;/h3,5H,2H2,1H3;3H,2H2,1H3;1H4;;;2*1H;4*1H2/q;;;2*+2;;;;;;/p-4. The number of aliphatic hydroxyl groups excluding tert-OH is 1. The Kier molecular flexibility index (Phi) is 192. The minimum Gasteiger partial charge on any atom is -1.00 e. The van der Waals surface area contributed by atoms with Gasteiger partial charge in [0.05, 0.1) is 18.8 Å². The van der Waals surface area contributed by atoms with E-state index in [1.165, 1.54) is 0 Å². The van der Waals surface area contributed by atoms with E-state index in [2.05, 4.69) is 6.92 Å². The fourth-order valence-electron chi connectivity index (χ4n) is 0.0962. The van der Waals surface area contributed by atoms with E-state index in [0.29, 0.717) is 12.0 Å². The van der Waals surface area contributed by atoms with Crippen LogP contribution in [0.3, 0.4) is 0 Å². The Labute approximate surface area is 187 Å². The van der Waals surface area contributed by atoms with Crippen LogP contribution in [0.15, 0.2) is 0 Å². The van der Waals surface area contributed by atoms with Gasteiger partial charge in [-0.1, -0.05) is 7.43 Å². The minimum absolute atomic E-state index is 0. The quantitative estimate of drug-likeness (QED) is 0.268. The van der Waals surface area contributed by atoms with Gasteiger partial charge in [-0.25, -0.2) is 0 Å². The number of epoxide rings is 1. The van der Waals surface area contributed by atoms with E-state index in [-0.39, 0.29) is 136 Å². The summed E-state index contributed by atoms with van der Waals surface area (Å²) in [5, 5.41) is 8.23. The van der Waals surface area contributed by atoms with Crippen molar-refractivity contribution >= 4 is 87.1 Å². The van der Waals surface area contributed by atoms with Gasteiger partial charge in [-0.3, -0.25) is 0 Å². The second-order valence-electron chi connectivity index (χ2n) is 2.15. The molecule has 0 aromatic rings. The van der Waals surface area contributed by atoms with E-state index < -0.39 is 0 Å². The van der Waals surface area contributed by atoms with Gasteiger partial charge in [0.2, 0.25) is 0 Å². The maximum atomic E-state index is 8.23. The summed E-state index contributed by atoms with van der Waals surface area (Å²) in [4.78, 5) is 0. The Morgan fingerprint density at radius 3 is 1.33 bits per heavy atom. The molecule has 1 heterocycles. The van der Waals surface area contributed by atoms with Crippen LogP contribution in [0.2, 0.25) is 0 Å². The smallest absolute Gasteiger partial charge is 1.00 e. The summed E-state index contributed by atoms with van der Waals surface area (Å²) in [6.45, 7) is 4.69. The van der Waals surface area contributed by atoms with Gasteiger partial charge in [-0.05, 0) is 13.8 Å². The molecule has 7 N–H and O–H groups in total. The van der Waals surface area contributed by atoms with Crippen LogP contribution in [-0.4, -0.2) is 127 Å². The van der Waals surface area contributed by atoms with Gasteiger partial charge < -0.3 is 56.6 Å². The van der Waals surface area contributed by atoms with Crippen molar-refractivity contribution in [3.05, 3.63) is 0 Å². The van der Waals surface area contributed by atoms with E-state index in [0.717, 1.165) is 6.61 Å². The third kappa shape index (κ3) is 95.0. The van der Waals surface area contributed by atoms with Crippen molar-refractivity contribution in [1.29, 1.82) is 0 Å². The second-order valence-corrected chi connectivity index (χ2v) is 2.46. The maximum absolute atomic E-state index is 8.23. The predicted octanol–water partition coefficient (Wildman–Crippen LogP) is -7.11. The molecule has 1 saturated heterocycles. The zero-order chi connectivity index (χ0) is 7.28. The summed E-state index contributed by atoms with van der Waals surface area (Å²) < 4.78 is 4.71. The van der Waals surface area contributed by atoms with E-state index in [1.807, 2.05) is 0 Å². The SMILES string of the molecule is C.CC(O)CCl.CC1CO1.O.O.[Ca+2].[Ca+2].[Cl-].[Cl-].[OH-].[OH-]. The van der Waals surface area contributed by atoms with Crippen LogP contribution >= 0.6 is 11.6 Å². The molecule has 0 spiro atoms. The number of aliphatic hydroxyl groups is 1. The van der Waals surface area contributed by atoms with Crippen molar-refractivity contribution in [2.24, 2.45) is 0 Å². The summed E-state index contributed by atoms with van der Waals surface area (Å²) in [5.74, 6) is 0.333. The summed E-state index contributed by atoms with van der Waals surface area (Å²) in [6, 6.07) is 0. The molecule has 2 unspecified atom stereocenters. The summed E-state index contributed by atoms with van der Waals surface area (Å²) in [7, 11) is 0. The normalized spacial score (nSPS) is 13.0. The average Bonchev–Trinajstić information content (AvgIpc) is 2.53. The average molecular weight is 390 g/mol. The van der Waals surface area contributed by atoms with Crippen molar-refractivity contribution in [3.63, 3.8) is 0 Å². The second kappa shape index (κ2) is 50.1. The van der Waals surface area contributed by atoms with Crippen molar-refractivity contribution in [2.75, 3.05) is 12.5 Å². The summed E-state index contributed by atoms with van der Waals surface area (Å²) in [5.41, 5.74) is 0. The van der Waals surface area contributed by atoms with Crippen molar-refractivity contribution in [3.8, 4) is 0 Å². The van der Waals surface area contributed by atoms with Crippen LogP contribution in [0.1, 0.15) is 21.3 Å². The first-order valence-corrected chi connectivity index (χ1v) is 3.56. The topological polar surface area (TPSA) is 156 Å². The molecule has 6 nitrogen and oxygen atoms in total. The molecule has 1 fully saturated rings. The van der Waals surface area contributed by atoms with E-state index in [4.69, 9.17) is 21.4 Å². The first-order valence-electron chi connectivity index (χ1n) is 3.02. The van der Waals surface area contributed by atoms with Gasteiger partial charge in [0.1, 0.15) is 0 Å². The van der Waals surface area contributed by atoms with Crippen LogP contribution in [0.5, 0.6) is 0 Å². The third-order valence-electron chi connectivity index (χ3n) is 0.723. The molecule has 0 bridgehead atoms. The molecule has 18 heavy (non-hydrogen) atoms. The molecule has 2 atom stereocenters. The Morgan fingerprint density at radius 1 is 1.22 bits per heavy atom. The number of halogens is 3. The molecule has 0 aliphatic carbocycles. The Morgan fingerprint density at radius 2 is 1.33 bits per heavy atom. The zero-order valence-electron chi connectivity index (χ0n) is 9.87. The van der Waals surface area contributed by atoms with Crippen LogP contribution in [0, 0.1) is 0 Å². The zero-order valence-corrected chi connectivity index (χ0v) is 16.6. The molecular weight excluding hydrogens is 367 g/mol. The fraction of sp³-hybridized carbons (Fsp3) is 1.00. The van der Waals surface area contributed by atoms with Gasteiger partial charge in [-0.2, -0.15) is 0 Å². The fourth-order valence-corrected chi connectivity index (χ4v) is 0.0962. The minimum atomic E-state index is -0.350. The monoisotopic (exact) mass is 388 g/mol. The molecule has 1 aliphatic heterocycles. The van der Waals surface area contributed by atoms with Crippen molar-refractivity contribution < 1.29 is 56.6 Å². The maximum Gasteiger partial charge on any atom is 2.00 e. The number of alkyl halides is 1. The van der Waals surface area contributed by atoms with Gasteiger partial charge >= 0.3 is 75.5 Å². The molecule has 0 aromatic heterocycles. The van der Waals surface area contributed by atoms with Crippen molar-refractivity contribution in [2.45, 2.75) is 33.5 Å². The number of hydrogen-bond donors (Lipinski definition) is 1. The van der Waals surface area contributed by atoms with Gasteiger partial charge in [0.15, 0.2) is 0 Å². The van der Waals surface area contributed by atoms with Gasteiger partial charge in [-0.15, -0.1) is 11.6 Å². The number of hydrogen-bond acceptors (Lipinski definition) is 4. The molecule has 112 valence electrons. The van der Waals surface area contributed by atoms with Gasteiger partial charge in [0, 0.05) is 5.88 Å². The molecule has 1 aliphatic rings. The Balaban J connectivity index is -0.00000000593. The molecule has 1 rings (SSSR count). The molecule has 0 saturated carbocycles. The van der Waals surface area contributed by atoms with E-state index >= 15 is 0 Å². The summed E-state index contributed by atoms with van der Waals surface area (Å²) in [6.07, 6.45) is 0.233. The largest absolute Gasteiger partial charge is 2.00 e. The third-order valence-corrected chi connectivity index (χ3v) is 1.17. The number of rotatable bonds is 1. The first kappa shape index (κ1) is 69.1. The van der Waals surface area contributed by atoms with Crippen LogP contribution < -0.4 is 24.8 Å². The number of ether oxygens (including phenoxy) is 1. The molecule has 0 aromatic carbocycles. The predicted molar refractivity (Wildman–Crippen MR) is 67.2 cm³/mol.